The van der Waals surface area contributed by atoms with Crippen molar-refractivity contribution in [1.82, 2.24) is 0 Å². The molecule has 1 unspecified atom stereocenters. The molecular formula is C35H39ClN2O7Si. The molecule has 3 aromatic carbocycles. The summed E-state index contributed by atoms with van der Waals surface area (Å²) in [6.45, 7) is 8.17. The molecule has 2 saturated heterocycles. The summed E-state index contributed by atoms with van der Waals surface area (Å²) in [5, 5.41) is 11.9. The monoisotopic (exact) mass is 662 g/mol. The summed E-state index contributed by atoms with van der Waals surface area (Å²) in [7, 11) is -0.666. The maximum Gasteiger partial charge on any atom is 0.304 e. The molecule has 3 heterocycles. The number of halogens is 1. The molecule has 242 valence electrons. The van der Waals surface area contributed by atoms with Crippen molar-refractivity contribution in [2.24, 2.45) is 5.92 Å². The summed E-state index contributed by atoms with van der Waals surface area (Å²) in [5.41, 5.74) is 1.56. The van der Waals surface area contributed by atoms with Gasteiger partial charge in [-0.1, -0.05) is 61.1 Å². The normalized spacial score (nSPS) is 25.5. The number of amides is 2. The summed E-state index contributed by atoms with van der Waals surface area (Å²) in [6, 6.07) is 21.0. The average Bonchev–Trinajstić information content (AvgIpc) is 3.43. The molecule has 9 nitrogen and oxygen atoms in total. The third-order valence-corrected chi connectivity index (χ3v) is 14.5. The Balaban J connectivity index is 1.37. The van der Waals surface area contributed by atoms with Gasteiger partial charge in [0.15, 0.2) is 11.8 Å². The lowest BCUT2D eigenvalue weighted by Gasteiger charge is -2.39. The minimum absolute atomic E-state index is 0.00254. The van der Waals surface area contributed by atoms with E-state index in [1.807, 2.05) is 42.5 Å². The number of benzene rings is 3. The molecule has 0 bridgehead atoms. The zero-order valence-electron chi connectivity index (χ0n) is 26.7. The van der Waals surface area contributed by atoms with E-state index >= 15 is 0 Å². The molecule has 3 aromatic rings. The Kier molecular flexibility index (Phi) is 8.52. The Morgan fingerprint density at radius 1 is 1.11 bits per heavy atom. The van der Waals surface area contributed by atoms with Crippen LogP contribution in [-0.2, 0) is 36.0 Å². The van der Waals surface area contributed by atoms with Gasteiger partial charge in [-0.3, -0.25) is 19.3 Å². The van der Waals surface area contributed by atoms with E-state index in [4.69, 9.17) is 25.8 Å². The summed E-state index contributed by atoms with van der Waals surface area (Å²) in [6.07, 6.45) is -0.459. The molecule has 1 N–H and O–H groups in total. The standard InChI is InChI=1S/C35H39ClN2O7Si/c1-21-33(46(4,5)27-12-10-26(43-3)11-13-27)30(15-16-39)45-35(21)28-18-24(36)9-14-29(28)37(34(35)42)20-23-7-6-8-25(17-23)38-31(41)19-32(38)44-22(2)40/h6-14,17-18,21,30,32-33,39H,15-16,19-20H2,1-5H3/t21-,30+,32?,33-,35+/m0/s1. The van der Waals surface area contributed by atoms with Crippen LogP contribution in [0.15, 0.2) is 66.7 Å². The number of aliphatic hydroxyl groups is 1. The smallest absolute Gasteiger partial charge is 0.304 e. The van der Waals surface area contributed by atoms with E-state index in [0.29, 0.717) is 17.1 Å². The minimum atomic E-state index is -2.31. The second-order valence-corrected chi connectivity index (χ2v) is 18.0. The van der Waals surface area contributed by atoms with E-state index in [-0.39, 0.29) is 48.9 Å². The zero-order chi connectivity index (χ0) is 33.0. The first-order valence-electron chi connectivity index (χ1n) is 15.6. The Morgan fingerprint density at radius 2 is 1.85 bits per heavy atom. The van der Waals surface area contributed by atoms with E-state index in [2.05, 4.69) is 32.2 Å². The second kappa shape index (κ2) is 12.1. The molecule has 6 rings (SSSR count). The topological polar surface area (TPSA) is 106 Å². The summed E-state index contributed by atoms with van der Waals surface area (Å²) < 4.78 is 17.7. The van der Waals surface area contributed by atoms with Crippen LogP contribution in [-0.4, -0.2) is 57.0 Å². The quantitative estimate of drug-likeness (QED) is 0.193. The van der Waals surface area contributed by atoms with Gasteiger partial charge in [-0.05, 0) is 60.0 Å². The van der Waals surface area contributed by atoms with Crippen LogP contribution in [0.25, 0.3) is 0 Å². The number of aliphatic hydroxyl groups excluding tert-OH is 1. The van der Waals surface area contributed by atoms with Crippen molar-refractivity contribution in [3.63, 3.8) is 0 Å². The molecule has 0 aromatic heterocycles. The predicted molar refractivity (Wildman–Crippen MR) is 178 cm³/mol. The Morgan fingerprint density at radius 3 is 2.50 bits per heavy atom. The molecule has 3 aliphatic heterocycles. The highest BCUT2D eigenvalue weighted by molar-refractivity contribution is 6.91. The Labute approximate surface area is 275 Å². The third-order valence-electron chi connectivity index (χ3n) is 9.95. The van der Waals surface area contributed by atoms with E-state index in [0.717, 1.165) is 22.6 Å². The fourth-order valence-electron chi connectivity index (χ4n) is 7.81. The molecule has 0 saturated carbocycles. The summed E-state index contributed by atoms with van der Waals surface area (Å²) in [4.78, 5) is 42.1. The predicted octanol–water partition coefficient (Wildman–Crippen LogP) is 5.12. The number of carbonyl (C=O) groups excluding carboxylic acids is 3. The van der Waals surface area contributed by atoms with Gasteiger partial charge in [0.1, 0.15) is 5.75 Å². The van der Waals surface area contributed by atoms with E-state index in [9.17, 15) is 19.5 Å². The van der Waals surface area contributed by atoms with Gasteiger partial charge < -0.3 is 24.2 Å². The molecule has 2 amide bonds. The molecule has 1 spiro atoms. The van der Waals surface area contributed by atoms with Crippen molar-refractivity contribution in [3.05, 3.63) is 82.9 Å². The van der Waals surface area contributed by atoms with Gasteiger partial charge in [0.05, 0.1) is 39.9 Å². The first-order valence-corrected chi connectivity index (χ1v) is 19.0. The molecule has 3 aliphatic rings. The molecule has 5 atom stereocenters. The largest absolute Gasteiger partial charge is 0.497 e. The molecular weight excluding hydrogens is 624 g/mol. The van der Waals surface area contributed by atoms with E-state index in [1.54, 1.807) is 24.1 Å². The SMILES string of the molecule is COc1ccc([Si](C)(C)[C@@H]2[C@@H](CCO)O[C@]3(C(=O)N(Cc4cccc(N5C(=O)CC5OC(C)=O)c4)c4ccc(Cl)cc43)[C@H]2C)cc1. The van der Waals surface area contributed by atoms with Gasteiger partial charge in [-0.25, -0.2) is 0 Å². The van der Waals surface area contributed by atoms with Crippen LogP contribution in [0, 0.1) is 5.92 Å². The van der Waals surface area contributed by atoms with Crippen molar-refractivity contribution in [2.75, 3.05) is 23.5 Å². The highest BCUT2D eigenvalue weighted by atomic mass is 35.5. The van der Waals surface area contributed by atoms with Crippen molar-refractivity contribution >= 4 is 54.0 Å². The summed E-state index contributed by atoms with van der Waals surface area (Å²) >= 11 is 6.58. The first-order chi connectivity index (χ1) is 21.9. The number of hydrogen-bond donors (Lipinski definition) is 1. The second-order valence-electron chi connectivity index (χ2n) is 12.9. The van der Waals surface area contributed by atoms with Crippen LogP contribution in [0.3, 0.4) is 0 Å². The number of β-lactam (4-membered cyclic amide) rings is 1. The maximum absolute atomic E-state index is 14.8. The van der Waals surface area contributed by atoms with E-state index in [1.165, 1.54) is 17.0 Å². The maximum atomic E-state index is 14.8. The average molecular weight is 663 g/mol. The number of esters is 1. The summed E-state index contributed by atoms with van der Waals surface area (Å²) in [5.74, 6) is -0.217. The molecule has 0 aliphatic carbocycles. The number of anilines is 2. The van der Waals surface area contributed by atoms with Crippen molar-refractivity contribution < 1.29 is 33.7 Å². The van der Waals surface area contributed by atoms with Crippen molar-refractivity contribution in [1.29, 1.82) is 0 Å². The highest BCUT2D eigenvalue weighted by Gasteiger charge is 2.66. The zero-order valence-corrected chi connectivity index (χ0v) is 28.4. The molecule has 11 heteroatoms. The first kappa shape index (κ1) is 32.2. The van der Waals surface area contributed by atoms with E-state index < -0.39 is 25.9 Å². The lowest BCUT2D eigenvalue weighted by molar-refractivity contribution is -0.154. The molecule has 2 fully saturated rings. The van der Waals surface area contributed by atoms with Crippen LogP contribution in [0.4, 0.5) is 11.4 Å². The fraction of sp³-hybridized carbons (Fsp3) is 0.400. The molecule has 0 radical (unpaired) electrons. The van der Waals surface area contributed by atoms with Crippen LogP contribution < -0.4 is 19.7 Å². The number of ether oxygens (including phenoxy) is 3. The molecule has 46 heavy (non-hydrogen) atoms. The number of hydrogen-bond acceptors (Lipinski definition) is 7. The van der Waals surface area contributed by atoms with Gasteiger partial charge in [0.2, 0.25) is 5.91 Å². The van der Waals surface area contributed by atoms with Gasteiger partial charge in [-0.15, -0.1) is 0 Å². The van der Waals surface area contributed by atoms with Crippen LogP contribution >= 0.6 is 11.6 Å². The van der Waals surface area contributed by atoms with Gasteiger partial charge in [0, 0.05) is 35.7 Å². The van der Waals surface area contributed by atoms with Crippen LogP contribution in [0.5, 0.6) is 5.75 Å². The van der Waals surface area contributed by atoms with Gasteiger partial charge in [0.25, 0.3) is 5.91 Å². The Bertz CT molecular complexity index is 1680. The number of rotatable bonds is 9. The van der Waals surface area contributed by atoms with Crippen molar-refractivity contribution in [3.8, 4) is 5.75 Å². The minimum Gasteiger partial charge on any atom is -0.497 e. The third kappa shape index (κ3) is 5.21. The lowest BCUT2D eigenvalue weighted by Crippen LogP contribution is -2.54. The lowest BCUT2D eigenvalue weighted by atomic mass is 9.82. The highest BCUT2D eigenvalue weighted by Crippen LogP contribution is 2.60. The number of nitrogens with zero attached hydrogens (tertiary/aromatic N) is 2. The van der Waals surface area contributed by atoms with Crippen molar-refractivity contribution in [2.45, 2.75) is 69.8 Å². The Hall–Kier alpha value is -3.70. The number of methoxy groups -OCH3 is 1. The van der Waals surface area contributed by atoms with Crippen LogP contribution in [0.2, 0.25) is 23.7 Å². The van der Waals surface area contributed by atoms with Gasteiger partial charge in [-0.2, -0.15) is 0 Å². The van der Waals surface area contributed by atoms with Crippen LogP contribution in [0.1, 0.15) is 37.8 Å². The fourth-order valence-corrected chi connectivity index (χ4v) is 12.0. The number of carbonyl (C=O) groups is 3. The number of fused-ring (bicyclic) bond motifs is 2. The van der Waals surface area contributed by atoms with Gasteiger partial charge >= 0.3 is 5.97 Å².